The molecule has 23 heavy (non-hydrogen) atoms. The summed E-state index contributed by atoms with van der Waals surface area (Å²) in [5, 5.41) is 3.23. The SMILES string of the molecule is Cc1ccc(C)c(N=C2NC(=O)/C(=C/c3ccccc3F)S2)c1. The van der Waals surface area contributed by atoms with Gasteiger partial charge in [0.1, 0.15) is 5.82 Å². The number of benzene rings is 2. The number of rotatable bonds is 2. The Morgan fingerprint density at radius 2 is 1.96 bits per heavy atom. The van der Waals surface area contributed by atoms with Gasteiger partial charge in [0.15, 0.2) is 5.17 Å². The predicted octanol–water partition coefficient (Wildman–Crippen LogP) is 4.33. The standard InChI is InChI=1S/C18H15FN2OS/c1-11-7-8-12(2)15(9-11)20-18-21-17(22)16(23-18)10-13-5-3-4-6-14(13)19/h3-10H,1-2H3,(H,20,21,22)/b16-10-. The zero-order valence-electron chi connectivity index (χ0n) is 12.8. The summed E-state index contributed by atoms with van der Waals surface area (Å²) in [7, 11) is 0. The van der Waals surface area contributed by atoms with E-state index in [0.717, 1.165) is 16.8 Å². The zero-order chi connectivity index (χ0) is 16.4. The van der Waals surface area contributed by atoms with Crippen molar-refractivity contribution < 1.29 is 9.18 Å². The number of amides is 1. The Bertz CT molecular complexity index is 843. The van der Waals surface area contributed by atoms with Gasteiger partial charge < -0.3 is 5.32 Å². The number of amidine groups is 1. The molecular weight excluding hydrogens is 311 g/mol. The van der Waals surface area contributed by atoms with Crippen LogP contribution in [-0.2, 0) is 4.79 Å². The molecule has 3 rings (SSSR count). The number of aliphatic imine (C=N–C) groups is 1. The normalized spacial score (nSPS) is 17.8. The lowest BCUT2D eigenvalue weighted by molar-refractivity contribution is -0.115. The Morgan fingerprint density at radius 3 is 2.74 bits per heavy atom. The fraction of sp³-hybridized carbons (Fsp3) is 0.111. The van der Waals surface area contributed by atoms with Crippen molar-refractivity contribution >= 4 is 34.6 Å². The van der Waals surface area contributed by atoms with Crippen molar-refractivity contribution in [3.05, 3.63) is 69.9 Å². The molecule has 1 saturated heterocycles. The second kappa shape index (κ2) is 6.38. The Morgan fingerprint density at radius 1 is 1.17 bits per heavy atom. The molecule has 0 spiro atoms. The first kappa shape index (κ1) is 15.5. The zero-order valence-corrected chi connectivity index (χ0v) is 13.6. The smallest absolute Gasteiger partial charge is 0.264 e. The summed E-state index contributed by atoms with van der Waals surface area (Å²) in [4.78, 5) is 17.0. The van der Waals surface area contributed by atoms with E-state index in [-0.39, 0.29) is 11.7 Å². The van der Waals surface area contributed by atoms with E-state index in [0.29, 0.717) is 15.6 Å². The van der Waals surface area contributed by atoms with Crippen molar-refractivity contribution in [1.82, 2.24) is 5.32 Å². The third-order valence-corrected chi connectivity index (χ3v) is 4.34. The second-order valence-corrected chi connectivity index (χ2v) is 6.32. The molecule has 0 bridgehead atoms. The molecule has 0 saturated carbocycles. The molecule has 0 unspecified atom stereocenters. The Kier molecular flexibility index (Phi) is 4.30. The summed E-state index contributed by atoms with van der Waals surface area (Å²) < 4.78 is 13.7. The van der Waals surface area contributed by atoms with Gasteiger partial charge in [-0.25, -0.2) is 9.38 Å². The van der Waals surface area contributed by atoms with E-state index in [4.69, 9.17) is 0 Å². The molecule has 0 aliphatic carbocycles. The van der Waals surface area contributed by atoms with Gasteiger partial charge in [0, 0.05) is 5.56 Å². The lowest BCUT2D eigenvalue weighted by Crippen LogP contribution is -2.19. The minimum atomic E-state index is -0.353. The predicted molar refractivity (Wildman–Crippen MR) is 93.1 cm³/mol. The lowest BCUT2D eigenvalue weighted by atomic mass is 10.1. The molecule has 1 aliphatic heterocycles. The van der Waals surface area contributed by atoms with Crippen LogP contribution in [0, 0.1) is 19.7 Å². The van der Waals surface area contributed by atoms with E-state index in [2.05, 4.69) is 10.3 Å². The summed E-state index contributed by atoms with van der Waals surface area (Å²) in [6.45, 7) is 3.96. The van der Waals surface area contributed by atoms with Crippen molar-refractivity contribution in [3.8, 4) is 0 Å². The average molecular weight is 326 g/mol. The first-order valence-corrected chi connectivity index (χ1v) is 7.96. The van der Waals surface area contributed by atoms with Gasteiger partial charge in [0.2, 0.25) is 0 Å². The third-order valence-electron chi connectivity index (χ3n) is 3.43. The van der Waals surface area contributed by atoms with Crippen molar-refractivity contribution in [3.63, 3.8) is 0 Å². The number of carbonyl (C=O) groups is 1. The third kappa shape index (κ3) is 3.51. The number of hydrogen-bond donors (Lipinski definition) is 1. The minimum absolute atomic E-state index is 0.262. The summed E-state index contributed by atoms with van der Waals surface area (Å²) in [6, 6.07) is 12.3. The van der Waals surface area contributed by atoms with Gasteiger partial charge in [0.25, 0.3) is 5.91 Å². The fourth-order valence-corrected chi connectivity index (χ4v) is 2.99. The van der Waals surface area contributed by atoms with E-state index < -0.39 is 0 Å². The van der Waals surface area contributed by atoms with Gasteiger partial charge in [-0.3, -0.25) is 4.79 Å². The van der Waals surface area contributed by atoms with E-state index in [9.17, 15) is 9.18 Å². The molecule has 3 nitrogen and oxygen atoms in total. The minimum Gasteiger partial charge on any atom is -0.300 e. The molecule has 1 aliphatic rings. The van der Waals surface area contributed by atoms with Crippen LogP contribution in [0.5, 0.6) is 0 Å². The van der Waals surface area contributed by atoms with E-state index in [1.54, 1.807) is 24.3 Å². The van der Waals surface area contributed by atoms with E-state index >= 15 is 0 Å². The summed E-state index contributed by atoms with van der Waals surface area (Å²) >= 11 is 1.22. The number of aryl methyl sites for hydroxylation is 2. The monoisotopic (exact) mass is 326 g/mol. The van der Waals surface area contributed by atoms with Crippen LogP contribution >= 0.6 is 11.8 Å². The summed E-state index contributed by atoms with van der Waals surface area (Å²) in [5.74, 6) is -0.615. The highest BCUT2D eigenvalue weighted by atomic mass is 32.2. The number of halogens is 1. The van der Waals surface area contributed by atoms with Gasteiger partial charge in [-0.1, -0.05) is 30.3 Å². The van der Waals surface area contributed by atoms with Gasteiger partial charge in [-0.15, -0.1) is 0 Å². The van der Waals surface area contributed by atoms with Gasteiger partial charge in [-0.05, 0) is 54.9 Å². The fourth-order valence-electron chi connectivity index (χ4n) is 2.16. The first-order valence-electron chi connectivity index (χ1n) is 7.14. The molecule has 1 heterocycles. The van der Waals surface area contributed by atoms with Crippen molar-refractivity contribution in [2.45, 2.75) is 13.8 Å². The summed E-state index contributed by atoms with van der Waals surface area (Å²) in [5.41, 5.74) is 3.34. The maximum atomic E-state index is 13.7. The van der Waals surface area contributed by atoms with Gasteiger partial charge in [0.05, 0.1) is 10.6 Å². The number of carbonyl (C=O) groups excluding carboxylic acids is 1. The van der Waals surface area contributed by atoms with E-state index in [1.165, 1.54) is 17.8 Å². The number of thioether (sulfide) groups is 1. The maximum Gasteiger partial charge on any atom is 0.264 e. The van der Waals surface area contributed by atoms with Crippen LogP contribution < -0.4 is 5.32 Å². The number of hydrogen-bond acceptors (Lipinski definition) is 3. The number of nitrogens with zero attached hydrogens (tertiary/aromatic N) is 1. The van der Waals surface area contributed by atoms with Crippen LogP contribution in [-0.4, -0.2) is 11.1 Å². The highest BCUT2D eigenvalue weighted by Crippen LogP contribution is 2.29. The lowest BCUT2D eigenvalue weighted by Gasteiger charge is -2.02. The quantitative estimate of drug-likeness (QED) is 0.834. The molecule has 0 radical (unpaired) electrons. The highest BCUT2D eigenvalue weighted by Gasteiger charge is 2.24. The van der Waals surface area contributed by atoms with Crippen molar-refractivity contribution in [1.29, 1.82) is 0 Å². The maximum absolute atomic E-state index is 13.7. The van der Waals surface area contributed by atoms with Crippen molar-refractivity contribution in [2.24, 2.45) is 4.99 Å². The van der Waals surface area contributed by atoms with Crippen molar-refractivity contribution in [2.75, 3.05) is 0 Å². The Hall–Kier alpha value is -2.40. The second-order valence-electron chi connectivity index (χ2n) is 5.29. The molecule has 1 fully saturated rings. The van der Waals surface area contributed by atoms with Crippen LogP contribution in [0.3, 0.4) is 0 Å². The van der Waals surface area contributed by atoms with Gasteiger partial charge >= 0.3 is 0 Å². The van der Waals surface area contributed by atoms with Crippen LogP contribution in [0.2, 0.25) is 0 Å². The summed E-state index contributed by atoms with van der Waals surface area (Å²) in [6.07, 6.45) is 1.54. The van der Waals surface area contributed by atoms with Crippen LogP contribution in [0.15, 0.2) is 52.4 Å². The van der Waals surface area contributed by atoms with Crippen LogP contribution in [0.25, 0.3) is 6.08 Å². The first-order chi connectivity index (χ1) is 11.0. The molecule has 5 heteroatoms. The van der Waals surface area contributed by atoms with Crippen LogP contribution in [0.1, 0.15) is 16.7 Å². The van der Waals surface area contributed by atoms with Gasteiger partial charge in [-0.2, -0.15) is 0 Å². The molecule has 116 valence electrons. The highest BCUT2D eigenvalue weighted by molar-refractivity contribution is 8.18. The molecule has 0 aromatic heterocycles. The molecule has 2 aromatic carbocycles. The Labute approximate surface area is 138 Å². The molecule has 1 N–H and O–H groups in total. The molecule has 1 amide bonds. The molecule has 2 aromatic rings. The largest absolute Gasteiger partial charge is 0.300 e. The van der Waals surface area contributed by atoms with E-state index in [1.807, 2.05) is 32.0 Å². The topological polar surface area (TPSA) is 41.5 Å². The molecule has 0 atom stereocenters. The number of nitrogens with one attached hydrogen (secondary N) is 1. The Balaban J connectivity index is 1.89. The average Bonchev–Trinajstić information content (AvgIpc) is 2.85. The molecular formula is C18H15FN2OS. The van der Waals surface area contributed by atoms with Crippen LogP contribution in [0.4, 0.5) is 10.1 Å².